The number of fused-ring (bicyclic) bond motifs is 1. The second-order valence-electron chi connectivity index (χ2n) is 5.49. The van der Waals surface area contributed by atoms with Crippen LogP contribution in [0.4, 0.5) is 15.4 Å². The predicted molar refractivity (Wildman–Crippen MR) is 83.3 cm³/mol. The van der Waals surface area contributed by atoms with E-state index in [2.05, 4.69) is 25.6 Å². The molecule has 1 fully saturated rings. The van der Waals surface area contributed by atoms with E-state index in [1.165, 1.54) is 11.1 Å². The minimum atomic E-state index is -0.956. The molecule has 0 radical (unpaired) electrons. The number of aromatic amines is 1. The third-order valence-electron chi connectivity index (χ3n) is 3.78. The van der Waals surface area contributed by atoms with Crippen molar-refractivity contribution in [2.24, 2.45) is 0 Å². The summed E-state index contributed by atoms with van der Waals surface area (Å²) in [6.07, 6.45) is 4.67. The zero-order valence-electron chi connectivity index (χ0n) is 12.5. The number of nitrogens with one attached hydrogen (secondary N) is 3. The van der Waals surface area contributed by atoms with Crippen LogP contribution in [0.1, 0.15) is 19.3 Å². The van der Waals surface area contributed by atoms with Gasteiger partial charge in [0.2, 0.25) is 0 Å². The quantitative estimate of drug-likeness (QED) is 0.670. The van der Waals surface area contributed by atoms with Crippen molar-refractivity contribution in [2.75, 3.05) is 18.4 Å². The van der Waals surface area contributed by atoms with Crippen LogP contribution in [0, 0.1) is 0 Å². The summed E-state index contributed by atoms with van der Waals surface area (Å²) in [5.74, 6) is 0.346. The summed E-state index contributed by atoms with van der Waals surface area (Å²) < 4.78 is 0. The van der Waals surface area contributed by atoms with Gasteiger partial charge in [0.05, 0.1) is 6.20 Å². The molecule has 2 aromatic rings. The Bertz CT molecular complexity index is 715. The van der Waals surface area contributed by atoms with Crippen molar-refractivity contribution in [1.29, 1.82) is 0 Å². The van der Waals surface area contributed by atoms with Crippen LogP contribution in [0.2, 0.25) is 0 Å². The minimum Gasteiger partial charge on any atom is -0.465 e. The molecule has 0 bridgehead atoms. The monoisotopic (exact) mass is 318 g/mol. The van der Waals surface area contributed by atoms with Crippen LogP contribution in [0.3, 0.4) is 0 Å². The van der Waals surface area contributed by atoms with E-state index >= 15 is 0 Å². The maximum Gasteiger partial charge on any atom is 0.407 e. The van der Waals surface area contributed by atoms with E-state index in [0.29, 0.717) is 30.1 Å². The smallest absolute Gasteiger partial charge is 0.407 e. The number of carboxylic acid groups (broad SMARTS) is 1. The van der Waals surface area contributed by atoms with E-state index < -0.39 is 12.1 Å². The highest BCUT2D eigenvalue weighted by molar-refractivity contribution is 5.89. The molecule has 0 saturated carbocycles. The molecule has 23 heavy (non-hydrogen) atoms. The van der Waals surface area contributed by atoms with Gasteiger partial charge in [-0.2, -0.15) is 0 Å². The lowest BCUT2D eigenvalue weighted by atomic mass is 10.1. The fourth-order valence-corrected chi connectivity index (χ4v) is 2.66. The molecule has 0 aromatic carbocycles. The largest absolute Gasteiger partial charge is 0.465 e. The number of nitrogens with zero attached hydrogens (tertiary/aromatic N) is 3. The lowest BCUT2D eigenvalue weighted by molar-refractivity contribution is 0.143. The van der Waals surface area contributed by atoms with Crippen LogP contribution >= 0.6 is 0 Å². The number of likely N-dealkylation sites (tertiary alicyclic amines) is 1. The first-order chi connectivity index (χ1) is 11.1. The molecule has 0 aliphatic carbocycles. The third kappa shape index (κ3) is 3.68. The van der Waals surface area contributed by atoms with Crippen LogP contribution in [0.25, 0.3) is 11.2 Å². The van der Waals surface area contributed by atoms with Gasteiger partial charge in [-0.1, -0.05) is 0 Å². The van der Waals surface area contributed by atoms with Crippen LogP contribution in [-0.4, -0.2) is 56.2 Å². The van der Waals surface area contributed by atoms with Crippen molar-refractivity contribution in [3.05, 3.63) is 18.5 Å². The number of aromatic nitrogens is 3. The van der Waals surface area contributed by atoms with Crippen molar-refractivity contribution in [2.45, 2.75) is 25.3 Å². The lowest BCUT2D eigenvalue weighted by Gasteiger charge is -2.22. The van der Waals surface area contributed by atoms with E-state index in [4.69, 9.17) is 5.11 Å². The Morgan fingerprint density at radius 2 is 2.26 bits per heavy atom. The molecule has 1 unspecified atom stereocenters. The molecule has 9 heteroatoms. The first-order valence-corrected chi connectivity index (χ1v) is 7.47. The van der Waals surface area contributed by atoms with E-state index in [9.17, 15) is 9.59 Å². The number of rotatable bonds is 2. The van der Waals surface area contributed by atoms with Gasteiger partial charge in [0, 0.05) is 25.3 Å². The molecule has 3 amide bonds. The fraction of sp³-hybridized carbons (Fsp3) is 0.429. The fourth-order valence-electron chi connectivity index (χ4n) is 2.66. The molecule has 0 spiro atoms. The molecule has 1 aliphatic rings. The number of anilines is 1. The molecule has 1 atom stereocenters. The Hall–Kier alpha value is -2.84. The maximum absolute atomic E-state index is 12.1. The van der Waals surface area contributed by atoms with Crippen LogP contribution in [0.5, 0.6) is 0 Å². The van der Waals surface area contributed by atoms with Gasteiger partial charge in [-0.15, -0.1) is 0 Å². The molecule has 122 valence electrons. The zero-order valence-corrected chi connectivity index (χ0v) is 12.5. The van der Waals surface area contributed by atoms with Gasteiger partial charge in [0.15, 0.2) is 11.5 Å². The minimum absolute atomic E-state index is 0.211. The number of hydrogen-bond acceptors (Lipinski definition) is 4. The molecule has 3 rings (SSSR count). The van der Waals surface area contributed by atoms with Crippen molar-refractivity contribution in [1.82, 2.24) is 25.2 Å². The number of carbonyl (C=O) groups is 2. The first-order valence-electron chi connectivity index (χ1n) is 7.47. The summed E-state index contributed by atoms with van der Waals surface area (Å²) in [7, 11) is 0. The molecule has 1 saturated heterocycles. The van der Waals surface area contributed by atoms with Crippen molar-refractivity contribution < 1.29 is 14.7 Å². The number of carbonyl (C=O) groups excluding carboxylic acids is 1. The Labute approximate surface area is 132 Å². The highest BCUT2D eigenvalue weighted by Crippen LogP contribution is 2.12. The Balaban J connectivity index is 1.60. The normalized spacial score (nSPS) is 18.4. The van der Waals surface area contributed by atoms with Gasteiger partial charge in [0.25, 0.3) is 0 Å². The lowest BCUT2D eigenvalue weighted by Crippen LogP contribution is -2.45. The van der Waals surface area contributed by atoms with Gasteiger partial charge in [-0.05, 0) is 25.3 Å². The molecule has 3 heterocycles. The molecule has 4 N–H and O–H groups in total. The summed E-state index contributed by atoms with van der Waals surface area (Å²) >= 11 is 0. The Kier molecular flexibility index (Phi) is 4.26. The summed E-state index contributed by atoms with van der Waals surface area (Å²) in [6, 6.07) is 1.14. The molecular weight excluding hydrogens is 300 g/mol. The average molecular weight is 318 g/mol. The standard InChI is InChI=1S/C14H18N6O3/c21-13(17-9-3-1-2-6-20(8-9)14(22)23)19-11-7-16-12-10(18-11)4-5-15-12/h4-5,7,9H,1-3,6,8H2,(H,15,16)(H,22,23)(H2,17,18,19,21). The molecule has 2 aromatic heterocycles. The number of urea groups is 1. The highest BCUT2D eigenvalue weighted by Gasteiger charge is 2.22. The summed E-state index contributed by atoms with van der Waals surface area (Å²) in [5.41, 5.74) is 1.31. The van der Waals surface area contributed by atoms with E-state index in [0.717, 1.165) is 19.3 Å². The zero-order chi connectivity index (χ0) is 16.2. The van der Waals surface area contributed by atoms with Gasteiger partial charge in [0.1, 0.15) is 5.52 Å². The SMILES string of the molecule is O=C(Nc1cnc2[nH]ccc2n1)NC1CCCCN(C(=O)O)C1. The van der Waals surface area contributed by atoms with E-state index in [1.54, 1.807) is 12.3 Å². The first kappa shape index (κ1) is 15.1. The number of amides is 3. The number of H-pyrrole nitrogens is 1. The Morgan fingerprint density at radius 3 is 3.09 bits per heavy atom. The van der Waals surface area contributed by atoms with Gasteiger partial charge >= 0.3 is 12.1 Å². The van der Waals surface area contributed by atoms with Gasteiger partial charge < -0.3 is 20.3 Å². The van der Waals surface area contributed by atoms with E-state index in [-0.39, 0.29) is 6.04 Å². The Morgan fingerprint density at radius 1 is 1.39 bits per heavy atom. The van der Waals surface area contributed by atoms with Crippen molar-refractivity contribution in [3.63, 3.8) is 0 Å². The van der Waals surface area contributed by atoms with Crippen molar-refractivity contribution >= 4 is 29.1 Å². The average Bonchev–Trinajstić information content (AvgIpc) is 2.84. The van der Waals surface area contributed by atoms with Gasteiger partial charge in [-0.25, -0.2) is 19.6 Å². The maximum atomic E-state index is 12.1. The van der Waals surface area contributed by atoms with Crippen molar-refractivity contribution in [3.8, 4) is 0 Å². The summed E-state index contributed by atoms with van der Waals surface area (Å²) in [6.45, 7) is 0.802. The van der Waals surface area contributed by atoms with Gasteiger partial charge in [-0.3, -0.25) is 5.32 Å². The third-order valence-corrected chi connectivity index (χ3v) is 3.78. The van der Waals surface area contributed by atoms with Crippen LogP contribution in [0.15, 0.2) is 18.5 Å². The number of hydrogen-bond donors (Lipinski definition) is 4. The molecule has 1 aliphatic heterocycles. The highest BCUT2D eigenvalue weighted by atomic mass is 16.4. The summed E-state index contributed by atoms with van der Waals surface area (Å²) in [5, 5.41) is 14.5. The van der Waals surface area contributed by atoms with Crippen LogP contribution in [-0.2, 0) is 0 Å². The van der Waals surface area contributed by atoms with E-state index in [1.807, 2.05) is 0 Å². The second-order valence-corrected chi connectivity index (χ2v) is 5.49. The van der Waals surface area contributed by atoms with Crippen LogP contribution < -0.4 is 10.6 Å². The topological polar surface area (TPSA) is 123 Å². The second kappa shape index (κ2) is 6.51. The molecule has 9 nitrogen and oxygen atoms in total. The molecular formula is C14H18N6O3. The summed E-state index contributed by atoms with van der Waals surface area (Å²) in [4.78, 5) is 35.9. The predicted octanol–water partition coefficient (Wildman–Crippen LogP) is 1.61.